The Morgan fingerprint density at radius 1 is 1.46 bits per heavy atom. The van der Waals surface area contributed by atoms with Crippen LogP contribution in [0.15, 0.2) is 24.5 Å². The number of nitrogens with zero attached hydrogens (tertiary/aromatic N) is 4. The van der Waals surface area contributed by atoms with Gasteiger partial charge in [-0.25, -0.2) is 4.98 Å². The van der Waals surface area contributed by atoms with Gasteiger partial charge in [0.25, 0.3) is 0 Å². The van der Waals surface area contributed by atoms with Crippen LogP contribution in [-0.2, 0) is 17.9 Å². The molecule has 7 heteroatoms. The van der Waals surface area contributed by atoms with E-state index in [2.05, 4.69) is 14.9 Å². The molecule has 130 valence electrons. The van der Waals surface area contributed by atoms with Crippen molar-refractivity contribution in [1.82, 2.24) is 14.9 Å². The minimum absolute atomic E-state index is 0.263. The maximum absolute atomic E-state index is 6.29. The van der Waals surface area contributed by atoms with E-state index < -0.39 is 0 Å². The Hall–Kier alpha value is -1.21. The fourth-order valence-electron chi connectivity index (χ4n) is 2.80. The van der Waals surface area contributed by atoms with Crippen molar-refractivity contribution in [2.75, 3.05) is 32.1 Å². The highest BCUT2D eigenvalue weighted by Gasteiger charge is 2.22. The van der Waals surface area contributed by atoms with Crippen LogP contribution < -0.4 is 4.90 Å². The van der Waals surface area contributed by atoms with Crippen LogP contribution in [0.2, 0.25) is 5.15 Å². The lowest BCUT2D eigenvalue weighted by molar-refractivity contribution is -0.0119. The number of hydrogen-bond donors (Lipinski definition) is 0. The Kier molecular flexibility index (Phi) is 6.05. The van der Waals surface area contributed by atoms with Gasteiger partial charge in [-0.05, 0) is 31.0 Å². The van der Waals surface area contributed by atoms with Crippen molar-refractivity contribution in [3.05, 3.63) is 40.1 Å². The third-order valence-corrected chi connectivity index (χ3v) is 5.69. The molecule has 0 saturated carbocycles. The predicted octanol–water partition coefficient (Wildman–Crippen LogP) is 3.44. The third-order valence-electron chi connectivity index (χ3n) is 4.06. The molecule has 0 radical (unpaired) electrons. The van der Waals surface area contributed by atoms with E-state index in [1.54, 1.807) is 17.5 Å². The van der Waals surface area contributed by atoms with Gasteiger partial charge in [-0.3, -0.25) is 9.88 Å². The largest absolute Gasteiger partial charge is 0.372 e. The number of anilines is 1. The summed E-state index contributed by atoms with van der Waals surface area (Å²) in [4.78, 5) is 14.1. The quantitative estimate of drug-likeness (QED) is 0.783. The van der Waals surface area contributed by atoms with Crippen LogP contribution in [0.25, 0.3) is 0 Å². The molecule has 1 atom stereocenters. The van der Waals surface area contributed by atoms with Gasteiger partial charge in [-0.1, -0.05) is 29.0 Å². The number of ether oxygens (including phenoxy) is 1. The molecule has 2 aromatic heterocycles. The maximum atomic E-state index is 6.29. The van der Waals surface area contributed by atoms with E-state index in [1.165, 1.54) is 0 Å². The lowest BCUT2D eigenvalue weighted by Crippen LogP contribution is -2.39. The summed E-state index contributed by atoms with van der Waals surface area (Å²) in [5.74, 6) is 0. The highest BCUT2D eigenvalue weighted by molar-refractivity contribution is 7.16. The average molecular weight is 367 g/mol. The number of thiazole rings is 1. The SMILES string of the molecule is CN(C)c1nc(Cl)c(CN2CCCC(OCc3cccnc3)C2)s1. The monoisotopic (exact) mass is 366 g/mol. The van der Waals surface area contributed by atoms with Crippen LogP contribution in [0.4, 0.5) is 5.13 Å². The van der Waals surface area contributed by atoms with Gasteiger partial charge < -0.3 is 9.64 Å². The van der Waals surface area contributed by atoms with Gasteiger partial charge in [-0.15, -0.1) is 0 Å². The maximum Gasteiger partial charge on any atom is 0.186 e. The number of rotatable bonds is 6. The van der Waals surface area contributed by atoms with Gasteiger partial charge in [0.15, 0.2) is 5.13 Å². The highest BCUT2D eigenvalue weighted by Crippen LogP contribution is 2.30. The molecule has 0 N–H and O–H groups in total. The van der Waals surface area contributed by atoms with E-state index >= 15 is 0 Å². The molecular weight excluding hydrogens is 344 g/mol. The van der Waals surface area contributed by atoms with Crippen LogP contribution in [0.3, 0.4) is 0 Å². The smallest absolute Gasteiger partial charge is 0.186 e. The Morgan fingerprint density at radius 3 is 3.04 bits per heavy atom. The van der Waals surface area contributed by atoms with Gasteiger partial charge in [0, 0.05) is 39.6 Å². The fraction of sp³-hybridized carbons (Fsp3) is 0.529. The molecule has 0 amide bonds. The molecule has 0 aliphatic carbocycles. The number of likely N-dealkylation sites (tertiary alicyclic amines) is 1. The molecule has 2 aromatic rings. The van der Waals surface area contributed by atoms with Crippen LogP contribution >= 0.6 is 22.9 Å². The van der Waals surface area contributed by atoms with Crippen molar-refractivity contribution in [1.29, 1.82) is 0 Å². The molecule has 3 heterocycles. The molecule has 1 saturated heterocycles. The topological polar surface area (TPSA) is 41.5 Å². The molecule has 24 heavy (non-hydrogen) atoms. The van der Waals surface area contributed by atoms with Gasteiger partial charge in [0.2, 0.25) is 0 Å². The van der Waals surface area contributed by atoms with Gasteiger partial charge in [-0.2, -0.15) is 0 Å². The van der Waals surface area contributed by atoms with Gasteiger partial charge in [0.05, 0.1) is 17.6 Å². The average Bonchev–Trinajstić information content (AvgIpc) is 2.95. The second-order valence-corrected chi connectivity index (χ2v) is 7.70. The Labute approximate surface area is 152 Å². The van der Waals surface area contributed by atoms with Crippen molar-refractivity contribution in [2.24, 2.45) is 0 Å². The van der Waals surface area contributed by atoms with Crippen molar-refractivity contribution in [3.63, 3.8) is 0 Å². The zero-order valence-electron chi connectivity index (χ0n) is 14.1. The summed E-state index contributed by atoms with van der Waals surface area (Å²) in [6, 6.07) is 3.99. The van der Waals surface area contributed by atoms with Crippen LogP contribution in [0.5, 0.6) is 0 Å². The van der Waals surface area contributed by atoms with E-state index in [9.17, 15) is 0 Å². The first kappa shape index (κ1) is 17.6. The zero-order chi connectivity index (χ0) is 16.9. The number of pyridine rings is 1. The normalized spacial score (nSPS) is 18.7. The third kappa shape index (κ3) is 4.66. The van der Waals surface area contributed by atoms with Crippen LogP contribution in [0, 0.1) is 0 Å². The van der Waals surface area contributed by atoms with E-state index in [0.717, 1.165) is 48.0 Å². The predicted molar refractivity (Wildman–Crippen MR) is 98.8 cm³/mol. The van der Waals surface area contributed by atoms with E-state index in [-0.39, 0.29) is 6.10 Å². The summed E-state index contributed by atoms with van der Waals surface area (Å²) in [7, 11) is 3.98. The molecular formula is C17H23ClN4OS. The molecule has 1 unspecified atom stereocenters. The Bertz CT molecular complexity index is 649. The molecule has 5 nitrogen and oxygen atoms in total. The van der Waals surface area contributed by atoms with Crippen molar-refractivity contribution in [3.8, 4) is 0 Å². The first-order valence-corrected chi connectivity index (χ1v) is 9.36. The Morgan fingerprint density at radius 2 is 2.33 bits per heavy atom. The minimum Gasteiger partial charge on any atom is -0.372 e. The standard InChI is InChI=1S/C17H23ClN4OS/c1-21(2)17-20-16(18)15(24-17)11-22-8-4-6-14(10-22)23-12-13-5-3-7-19-9-13/h3,5,7,9,14H,4,6,8,10-12H2,1-2H3. The van der Waals surface area contributed by atoms with Gasteiger partial charge >= 0.3 is 0 Å². The Balaban J connectivity index is 1.54. The van der Waals surface area contributed by atoms with E-state index in [1.807, 2.05) is 37.3 Å². The fourth-order valence-corrected chi connectivity index (χ4v) is 4.03. The molecule has 0 spiro atoms. The van der Waals surface area contributed by atoms with Crippen molar-refractivity contribution < 1.29 is 4.74 Å². The number of halogens is 1. The number of hydrogen-bond acceptors (Lipinski definition) is 6. The van der Waals surface area contributed by atoms with Crippen molar-refractivity contribution >= 4 is 28.1 Å². The summed E-state index contributed by atoms with van der Waals surface area (Å²) in [6.45, 7) is 3.49. The second-order valence-electron chi connectivity index (χ2n) is 6.28. The number of piperidine rings is 1. The first-order chi connectivity index (χ1) is 11.6. The molecule has 0 bridgehead atoms. The lowest BCUT2D eigenvalue weighted by Gasteiger charge is -2.32. The van der Waals surface area contributed by atoms with Crippen LogP contribution in [-0.4, -0.2) is 48.2 Å². The molecule has 1 fully saturated rings. The summed E-state index contributed by atoms with van der Waals surface area (Å²) < 4.78 is 6.08. The minimum atomic E-state index is 0.263. The number of aromatic nitrogens is 2. The van der Waals surface area contributed by atoms with Gasteiger partial charge in [0.1, 0.15) is 5.15 Å². The molecule has 1 aliphatic heterocycles. The molecule has 3 rings (SSSR count). The molecule has 1 aliphatic rings. The van der Waals surface area contributed by atoms with E-state index in [4.69, 9.17) is 16.3 Å². The highest BCUT2D eigenvalue weighted by atomic mass is 35.5. The zero-order valence-corrected chi connectivity index (χ0v) is 15.7. The summed E-state index contributed by atoms with van der Waals surface area (Å²) in [5.41, 5.74) is 1.12. The van der Waals surface area contributed by atoms with Crippen molar-refractivity contribution in [2.45, 2.75) is 32.1 Å². The second kappa shape index (κ2) is 8.25. The summed E-state index contributed by atoms with van der Waals surface area (Å²) in [5, 5.41) is 1.58. The summed E-state index contributed by atoms with van der Waals surface area (Å²) in [6.07, 6.45) is 6.16. The van der Waals surface area contributed by atoms with E-state index in [0.29, 0.717) is 11.8 Å². The first-order valence-electron chi connectivity index (χ1n) is 8.17. The molecule has 0 aromatic carbocycles. The van der Waals surface area contributed by atoms with Crippen LogP contribution in [0.1, 0.15) is 23.3 Å². The lowest BCUT2D eigenvalue weighted by atomic mass is 10.1. The summed E-state index contributed by atoms with van der Waals surface area (Å²) >= 11 is 7.96.